The average Bonchev–Trinajstić information content (AvgIpc) is 3.14. The molecule has 0 aliphatic heterocycles. The highest BCUT2D eigenvalue weighted by molar-refractivity contribution is 7.89. The van der Waals surface area contributed by atoms with Crippen LogP contribution in [0.3, 0.4) is 0 Å². The first-order chi connectivity index (χ1) is 12.4. The number of benzene rings is 2. The quantitative estimate of drug-likeness (QED) is 0.697. The molecule has 6 nitrogen and oxygen atoms in total. The molecule has 0 bridgehead atoms. The number of hydrogen-bond acceptors (Lipinski definition) is 4. The van der Waals surface area contributed by atoms with Crippen LogP contribution in [0.5, 0.6) is 0 Å². The van der Waals surface area contributed by atoms with Crippen LogP contribution in [0.4, 0.5) is 5.69 Å². The summed E-state index contributed by atoms with van der Waals surface area (Å²) in [5, 5.41) is 2.75. The maximum atomic E-state index is 12.3. The van der Waals surface area contributed by atoms with E-state index in [0.29, 0.717) is 17.0 Å². The Hall–Kier alpha value is -2.90. The van der Waals surface area contributed by atoms with Gasteiger partial charge in [-0.2, -0.15) is 0 Å². The van der Waals surface area contributed by atoms with Crippen LogP contribution in [0.15, 0.2) is 76.2 Å². The molecule has 7 heteroatoms. The molecule has 134 valence electrons. The second-order valence-corrected chi connectivity index (χ2v) is 7.52. The predicted octanol–water partition coefficient (Wildman–Crippen LogP) is 3.32. The fraction of sp³-hybridized carbons (Fsp3) is 0.105. The molecule has 2 N–H and O–H groups in total. The summed E-state index contributed by atoms with van der Waals surface area (Å²) in [5.74, 6) is 0.274. The number of sulfonamides is 1. The molecule has 0 aliphatic rings. The van der Waals surface area contributed by atoms with Crippen LogP contribution in [0.25, 0.3) is 0 Å². The van der Waals surface area contributed by atoms with Crippen molar-refractivity contribution in [2.24, 2.45) is 0 Å². The smallest absolute Gasteiger partial charge is 0.255 e. The molecule has 2 aromatic carbocycles. The lowest BCUT2D eigenvalue weighted by atomic mass is 10.1. The average molecular weight is 370 g/mol. The topological polar surface area (TPSA) is 88.4 Å². The largest absolute Gasteiger partial charge is 0.468 e. The van der Waals surface area contributed by atoms with Gasteiger partial charge < -0.3 is 9.73 Å². The highest BCUT2D eigenvalue weighted by atomic mass is 32.2. The van der Waals surface area contributed by atoms with Gasteiger partial charge in [0.05, 0.1) is 17.7 Å². The third-order valence-electron chi connectivity index (χ3n) is 3.72. The SMILES string of the molecule is Cc1cccc(C(=O)Nc2ccc(S(=O)(=O)NCc3ccco3)cc2)c1. The van der Waals surface area contributed by atoms with E-state index in [1.807, 2.05) is 19.1 Å². The minimum absolute atomic E-state index is 0.0706. The lowest BCUT2D eigenvalue weighted by Crippen LogP contribution is -2.23. The van der Waals surface area contributed by atoms with E-state index in [2.05, 4.69) is 10.0 Å². The fourth-order valence-corrected chi connectivity index (χ4v) is 3.36. The number of rotatable bonds is 6. The van der Waals surface area contributed by atoms with Crippen molar-refractivity contribution < 1.29 is 17.6 Å². The Kier molecular flexibility index (Phi) is 5.20. The van der Waals surface area contributed by atoms with Crippen LogP contribution >= 0.6 is 0 Å². The molecule has 0 aliphatic carbocycles. The Bertz CT molecular complexity index is 994. The van der Waals surface area contributed by atoms with Crippen molar-refractivity contribution in [2.45, 2.75) is 18.4 Å². The van der Waals surface area contributed by atoms with E-state index in [1.54, 1.807) is 36.4 Å². The van der Waals surface area contributed by atoms with Crippen molar-refractivity contribution in [3.05, 3.63) is 83.8 Å². The molecule has 0 radical (unpaired) electrons. The van der Waals surface area contributed by atoms with Crippen LogP contribution in [0.2, 0.25) is 0 Å². The maximum Gasteiger partial charge on any atom is 0.255 e. The Morgan fingerprint density at radius 3 is 2.46 bits per heavy atom. The van der Waals surface area contributed by atoms with Gasteiger partial charge >= 0.3 is 0 Å². The first-order valence-electron chi connectivity index (χ1n) is 7.94. The van der Waals surface area contributed by atoms with Gasteiger partial charge in [-0.05, 0) is 55.5 Å². The van der Waals surface area contributed by atoms with Gasteiger partial charge in [0.25, 0.3) is 5.91 Å². The normalized spacial score (nSPS) is 11.3. The molecule has 1 amide bonds. The van der Waals surface area contributed by atoms with Crippen molar-refractivity contribution in [1.29, 1.82) is 0 Å². The van der Waals surface area contributed by atoms with Gasteiger partial charge in [-0.15, -0.1) is 0 Å². The summed E-state index contributed by atoms with van der Waals surface area (Å²) in [4.78, 5) is 12.3. The standard InChI is InChI=1S/C19H18N2O4S/c1-14-4-2-5-15(12-14)19(22)21-16-7-9-18(10-8-16)26(23,24)20-13-17-6-3-11-25-17/h2-12,20H,13H2,1H3,(H,21,22). The monoisotopic (exact) mass is 370 g/mol. The molecule has 26 heavy (non-hydrogen) atoms. The van der Waals surface area contributed by atoms with Crippen molar-refractivity contribution in [2.75, 3.05) is 5.32 Å². The van der Waals surface area contributed by atoms with Crippen molar-refractivity contribution >= 4 is 21.6 Å². The number of carbonyl (C=O) groups excluding carboxylic acids is 1. The zero-order chi connectivity index (χ0) is 18.6. The Labute approximate surface area is 151 Å². The van der Waals surface area contributed by atoms with Gasteiger partial charge in [-0.1, -0.05) is 17.7 Å². The van der Waals surface area contributed by atoms with E-state index in [4.69, 9.17) is 4.42 Å². The Balaban J connectivity index is 1.66. The van der Waals surface area contributed by atoms with Gasteiger partial charge in [-0.25, -0.2) is 13.1 Å². The molecule has 0 spiro atoms. The summed E-state index contributed by atoms with van der Waals surface area (Å²) in [6.45, 7) is 1.98. The first kappa shape index (κ1) is 17.9. The van der Waals surface area contributed by atoms with Crippen molar-refractivity contribution in [1.82, 2.24) is 4.72 Å². The number of anilines is 1. The lowest BCUT2D eigenvalue weighted by Gasteiger charge is -2.08. The van der Waals surface area contributed by atoms with E-state index in [9.17, 15) is 13.2 Å². The summed E-state index contributed by atoms with van der Waals surface area (Å²) in [6, 6.07) is 16.6. The van der Waals surface area contributed by atoms with Crippen LogP contribution in [-0.2, 0) is 16.6 Å². The van der Waals surface area contributed by atoms with E-state index < -0.39 is 10.0 Å². The minimum atomic E-state index is -3.66. The second-order valence-electron chi connectivity index (χ2n) is 5.75. The van der Waals surface area contributed by atoms with Gasteiger partial charge in [0.1, 0.15) is 5.76 Å². The molecule has 1 aromatic heterocycles. The second kappa shape index (κ2) is 7.55. The molecular formula is C19H18N2O4S. The molecule has 3 aromatic rings. The summed E-state index contributed by atoms with van der Waals surface area (Å²) < 4.78 is 32.1. The third-order valence-corrected chi connectivity index (χ3v) is 5.14. The van der Waals surface area contributed by atoms with Gasteiger partial charge in [0.15, 0.2) is 0 Å². The van der Waals surface area contributed by atoms with Crippen molar-refractivity contribution in [3.63, 3.8) is 0 Å². The van der Waals surface area contributed by atoms with E-state index in [1.165, 1.54) is 18.4 Å². The molecule has 0 atom stereocenters. The summed E-state index contributed by atoms with van der Waals surface area (Å²) in [7, 11) is -3.66. The molecule has 1 heterocycles. The number of hydrogen-bond donors (Lipinski definition) is 2. The Morgan fingerprint density at radius 1 is 1.04 bits per heavy atom. The minimum Gasteiger partial charge on any atom is -0.468 e. The van der Waals surface area contributed by atoms with Crippen LogP contribution < -0.4 is 10.0 Å². The summed E-state index contributed by atoms with van der Waals surface area (Å²) in [5.41, 5.74) is 2.05. The molecule has 3 rings (SSSR count). The third kappa shape index (κ3) is 4.38. The fourth-order valence-electron chi connectivity index (χ4n) is 2.37. The van der Waals surface area contributed by atoms with E-state index in [0.717, 1.165) is 5.56 Å². The lowest BCUT2D eigenvalue weighted by molar-refractivity contribution is 0.102. The van der Waals surface area contributed by atoms with Gasteiger partial charge in [0.2, 0.25) is 10.0 Å². The molecule has 0 saturated carbocycles. The zero-order valence-corrected chi connectivity index (χ0v) is 14.9. The zero-order valence-electron chi connectivity index (χ0n) is 14.1. The number of nitrogens with one attached hydrogen (secondary N) is 2. The molecule has 0 fully saturated rings. The van der Waals surface area contributed by atoms with E-state index >= 15 is 0 Å². The van der Waals surface area contributed by atoms with Crippen LogP contribution in [-0.4, -0.2) is 14.3 Å². The number of furan rings is 1. The molecule has 0 saturated heterocycles. The van der Waals surface area contributed by atoms with Gasteiger partial charge in [-0.3, -0.25) is 4.79 Å². The number of carbonyl (C=O) groups is 1. The number of amides is 1. The van der Waals surface area contributed by atoms with Gasteiger partial charge in [0, 0.05) is 11.3 Å². The molecular weight excluding hydrogens is 352 g/mol. The Morgan fingerprint density at radius 2 is 1.81 bits per heavy atom. The number of aryl methyl sites for hydroxylation is 1. The van der Waals surface area contributed by atoms with Crippen LogP contribution in [0.1, 0.15) is 21.7 Å². The highest BCUT2D eigenvalue weighted by Gasteiger charge is 2.14. The van der Waals surface area contributed by atoms with Crippen molar-refractivity contribution in [3.8, 4) is 0 Å². The maximum absolute atomic E-state index is 12.3. The summed E-state index contributed by atoms with van der Waals surface area (Å²) in [6.07, 6.45) is 1.48. The summed E-state index contributed by atoms with van der Waals surface area (Å²) >= 11 is 0. The predicted molar refractivity (Wildman–Crippen MR) is 98.3 cm³/mol. The van der Waals surface area contributed by atoms with E-state index in [-0.39, 0.29) is 17.3 Å². The van der Waals surface area contributed by atoms with Crippen LogP contribution in [0, 0.1) is 6.92 Å². The highest BCUT2D eigenvalue weighted by Crippen LogP contribution is 2.16. The first-order valence-corrected chi connectivity index (χ1v) is 9.42. The molecule has 0 unspecified atom stereocenters.